The molecule has 0 saturated heterocycles. The first kappa shape index (κ1) is 40.6. The molecule has 2 aromatic heterocycles. The number of hydrogen-bond acceptors (Lipinski definition) is 2. The number of benzene rings is 12. The molecule has 0 radical (unpaired) electrons. The summed E-state index contributed by atoms with van der Waals surface area (Å²) in [5.41, 5.74) is 17.8. The van der Waals surface area contributed by atoms with Crippen LogP contribution in [0.5, 0.6) is 0 Å². The van der Waals surface area contributed by atoms with Gasteiger partial charge in [-0.25, -0.2) is 0 Å². The fourth-order valence-electron chi connectivity index (χ4n) is 11.0. The first-order chi connectivity index (χ1) is 35.2. The lowest BCUT2D eigenvalue weighted by Gasteiger charge is -2.26. The zero-order valence-electron chi connectivity index (χ0n) is 38.7. The summed E-state index contributed by atoms with van der Waals surface area (Å²) in [5, 5.41) is 9.81. The lowest BCUT2D eigenvalue weighted by Crippen LogP contribution is -2.10. The zero-order chi connectivity index (χ0) is 46.8. The summed E-state index contributed by atoms with van der Waals surface area (Å²) in [6.07, 6.45) is 0. The van der Waals surface area contributed by atoms with Crippen molar-refractivity contribution in [3.8, 4) is 50.2 Å². The van der Waals surface area contributed by atoms with Crippen molar-refractivity contribution in [3.63, 3.8) is 0 Å². The van der Waals surface area contributed by atoms with Crippen molar-refractivity contribution >= 4 is 82.4 Å². The topological polar surface area (TPSA) is 21.3 Å². The Morgan fingerprint density at radius 2 is 0.775 bits per heavy atom. The van der Waals surface area contributed by atoms with E-state index in [1.807, 2.05) is 12.1 Å². The molecule has 14 aromatic rings. The van der Waals surface area contributed by atoms with Crippen LogP contribution in [0.15, 0.2) is 271 Å². The summed E-state index contributed by atoms with van der Waals surface area (Å²) in [6.45, 7) is 0. The van der Waals surface area contributed by atoms with Crippen LogP contribution in [0, 0.1) is 0 Å². The molecule has 332 valence electrons. The molecule has 0 unspecified atom stereocenters. The van der Waals surface area contributed by atoms with Crippen molar-refractivity contribution in [3.05, 3.63) is 267 Å². The summed E-state index contributed by atoms with van der Waals surface area (Å²) in [4.78, 5) is 2.37. The molecule has 12 aromatic carbocycles. The Kier molecular flexibility index (Phi) is 9.53. The lowest BCUT2D eigenvalue weighted by atomic mass is 9.93. The molecule has 0 aliphatic rings. The maximum absolute atomic E-state index is 6.35. The van der Waals surface area contributed by atoms with Crippen molar-refractivity contribution in [1.29, 1.82) is 0 Å². The highest BCUT2D eigenvalue weighted by Crippen LogP contribution is 2.42. The van der Waals surface area contributed by atoms with E-state index in [0.717, 1.165) is 66.9 Å². The number of para-hydroxylation sites is 3. The van der Waals surface area contributed by atoms with Gasteiger partial charge >= 0.3 is 0 Å². The van der Waals surface area contributed by atoms with Crippen LogP contribution in [0.2, 0.25) is 0 Å². The summed E-state index contributed by atoms with van der Waals surface area (Å²) >= 11 is 0. The van der Waals surface area contributed by atoms with Crippen LogP contribution in [0.3, 0.4) is 0 Å². The second-order valence-electron chi connectivity index (χ2n) is 18.5. The average molecular weight is 905 g/mol. The van der Waals surface area contributed by atoms with Crippen LogP contribution in [0.25, 0.3) is 115 Å². The molecule has 0 saturated carbocycles. The molecule has 0 aliphatic carbocycles. The van der Waals surface area contributed by atoms with E-state index in [-0.39, 0.29) is 0 Å². The van der Waals surface area contributed by atoms with E-state index in [0.29, 0.717) is 0 Å². The maximum Gasteiger partial charge on any atom is 0.136 e. The molecule has 0 aliphatic heterocycles. The minimum absolute atomic E-state index is 0.887. The molecule has 0 fully saturated rings. The van der Waals surface area contributed by atoms with E-state index >= 15 is 0 Å². The Morgan fingerprint density at radius 1 is 0.268 bits per heavy atom. The molecular formula is C68H44N2O. The smallest absolute Gasteiger partial charge is 0.136 e. The largest absolute Gasteiger partial charge is 0.456 e. The third-order valence-corrected chi connectivity index (χ3v) is 14.4. The van der Waals surface area contributed by atoms with E-state index in [1.54, 1.807) is 0 Å². The van der Waals surface area contributed by atoms with Crippen molar-refractivity contribution < 1.29 is 4.42 Å². The highest BCUT2D eigenvalue weighted by Gasteiger charge is 2.18. The van der Waals surface area contributed by atoms with E-state index < -0.39 is 0 Å². The van der Waals surface area contributed by atoms with Gasteiger partial charge in [0.15, 0.2) is 0 Å². The quantitative estimate of drug-likeness (QED) is 0.142. The van der Waals surface area contributed by atoms with Crippen molar-refractivity contribution in [2.75, 3.05) is 4.90 Å². The summed E-state index contributed by atoms with van der Waals surface area (Å²) in [5.74, 6) is 0. The minimum atomic E-state index is 0.887. The first-order valence-corrected chi connectivity index (χ1v) is 24.3. The Morgan fingerprint density at radius 3 is 1.51 bits per heavy atom. The second kappa shape index (κ2) is 16.7. The average Bonchev–Trinajstić information content (AvgIpc) is 3.99. The SMILES string of the molecule is c1cc(-c2ccc(N(c3ccc(-c4cc5ccccc5c5ccccc45)cc3)c3cccc(-c4ccc5c(c4)oc4ccccc45)c3)cc2)cc(-c2cccc(-n3c4ccccc4c4ccccc43)c2)c1. The van der Waals surface area contributed by atoms with E-state index in [1.165, 1.54) is 65.6 Å². The Bertz CT molecular complexity index is 4290. The number of nitrogens with zero attached hydrogens (tertiary/aromatic N) is 2. The molecule has 3 heteroatoms. The van der Waals surface area contributed by atoms with Crippen molar-refractivity contribution in [1.82, 2.24) is 4.57 Å². The third kappa shape index (κ3) is 6.97. The normalized spacial score (nSPS) is 11.7. The number of hydrogen-bond donors (Lipinski definition) is 0. The van der Waals surface area contributed by atoms with Gasteiger partial charge in [-0.2, -0.15) is 0 Å². The molecule has 0 spiro atoms. The Labute approximate surface area is 411 Å². The van der Waals surface area contributed by atoms with Gasteiger partial charge in [-0.05, 0) is 157 Å². The van der Waals surface area contributed by atoms with Gasteiger partial charge in [0, 0.05) is 44.3 Å². The van der Waals surface area contributed by atoms with Crippen LogP contribution in [-0.2, 0) is 0 Å². The van der Waals surface area contributed by atoms with Gasteiger partial charge in [0.05, 0.1) is 11.0 Å². The highest BCUT2D eigenvalue weighted by atomic mass is 16.3. The predicted octanol–water partition coefficient (Wildman–Crippen LogP) is 19.1. The van der Waals surface area contributed by atoms with E-state index in [2.05, 4.69) is 264 Å². The van der Waals surface area contributed by atoms with E-state index in [9.17, 15) is 0 Å². The van der Waals surface area contributed by atoms with Gasteiger partial charge in [0.1, 0.15) is 11.2 Å². The van der Waals surface area contributed by atoms with Crippen molar-refractivity contribution in [2.24, 2.45) is 0 Å². The van der Waals surface area contributed by atoms with E-state index in [4.69, 9.17) is 4.42 Å². The fourth-order valence-corrected chi connectivity index (χ4v) is 11.0. The number of anilines is 3. The van der Waals surface area contributed by atoms with Gasteiger partial charge in [0.25, 0.3) is 0 Å². The number of fused-ring (bicyclic) bond motifs is 9. The molecule has 0 atom stereocenters. The van der Waals surface area contributed by atoms with Crippen LogP contribution in [-0.4, -0.2) is 4.57 Å². The van der Waals surface area contributed by atoms with Crippen LogP contribution in [0.1, 0.15) is 0 Å². The Balaban J connectivity index is 0.839. The first-order valence-electron chi connectivity index (χ1n) is 24.3. The molecule has 0 N–H and O–H groups in total. The van der Waals surface area contributed by atoms with Crippen LogP contribution >= 0.6 is 0 Å². The molecule has 2 heterocycles. The maximum atomic E-state index is 6.35. The lowest BCUT2D eigenvalue weighted by molar-refractivity contribution is 0.669. The summed E-state index contributed by atoms with van der Waals surface area (Å²) < 4.78 is 8.73. The predicted molar refractivity (Wildman–Crippen MR) is 299 cm³/mol. The van der Waals surface area contributed by atoms with Crippen LogP contribution < -0.4 is 4.90 Å². The molecular weight excluding hydrogens is 861 g/mol. The molecule has 71 heavy (non-hydrogen) atoms. The van der Waals surface area contributed by atoms with Gasteiger partial charge in [0.2, 0.25) is 0 Å². The standard InChI is InChI=1S/C68H44N2O/c1-2-21-57-52(14-1)43-64(59-23-4-3-22-58(57)59)46-32-37-54(38-33-46)69(55-19-12-18-50(41-55)51-34-39-63-62-26-7-10-29-67(62)71-68(63)44-51)53-35-30-45(31-36-53)47-15-11-16-48(40-47)49-17-13-20-56(42-49)70-65-27-8-5-24-60(65)61-25-6-9-28-66(61)70/h1-44H. The highest BCUT2D eigenvalue weighted by molar-refractivity contribution is 6.14. The molecule has 0 bridgehead atoms. The molecule has 14 rings (SSSR count). The molecule has 0 amide bonds. The van der Waals surface area contributed by atoms with Gasteiger partial charge < -0.3 is 13.9 Å². The van der Waals surface area contributed by atoms with Gasteiger partial charge in [-0.3, -0.25) is 0 Å². The third-order valence-electron chi connectivity index (χ3n) is 14.4. The Hall–Kier alpha value is -9.44. The van der Waals surface area contributed by atoms with Crippen molar-refractivity contribution in [2.45, 2.75) is 0 Å². The second-order valence-corrected chi connectivity index (χ2v) is 18.5. The monoisotopic (exact) mass is 904 g/mol. The number of furan rings is 1. The van der Waals surface area contributed by atoms with Crippen LogP contribution in [0.4, 0.5) is 17.1 Å². The summed E-state index contributed by atoms with van der Waals surface area (Å²) in [7, 11) is 0. The van der Waals surface area contributed by atoms with Gasteiger partial charge in [-0.1, -0.05) is 176 Å². The van der Waals surface area contributed by atoms with Gasteiger partial charge in [-0.15, -0.1) is 0 Å². The fraction of sp³-hybridized carbons (Fsp3) is 0. The molecule has 3 nitrogen and oxygen atoms in total. The minimum Gasteiger partial charge on any atom is -0.456 e. The number of aromatic nitrogens is 1. The number of rotatable bonds is 8. The summed E-state index contributed by atoms with van der Waals surface area (Å²) in [6, 6.07) is 96.7. The zero-order valence-corrected chi connectivity index (χ0v) is 38.7.